The van der Waals surface area contributed by atoms with E-state index in [1.807, 2.05) is 44.2 Å². The number of benzene rings is 2. The number of rotatable bonds is 8. The Morgan fingerprint density at radius 2 is 1.77 bits per heavy atom. The first kappa shape index (κ1) is 20.6. The van der Waals surface area contributed by atoms with Crippen LogP contribution < -0.4 is 4.74 Å². The monoisotopic (exact) mass is 406 g/mol. The summed E-state index contributed by atoms with van der Waals surface area (Å²) in [6.45, 7) is 8.10. The Labute approximate surface area is 178 Å². The lowest BCUT2D eigenvalue weighted by molar-refractivity contribution is -0.00418. The van der Waals surface area contributed by atoms with Gasteiger partial charge in [-0.25, -0.2) is 4.98 Å². The molecule has 1 aromatic heterocycles. The summed E-state index contributed by atoms with van der Waals surface area (Å²) in [5.74, 6) is 2.32. The summed E-state index contributed by atoms with van der Waals surface area (Å²) in [5, 5.41) is 0. The van der Waals surface area contributed by atoms with Gasteiger partial charge >= 0.3 is 0 Å². The van der Waals surface area contributed by atoms with Crippen molar-refractivity contribution < 1.29 is 13.9 Å². The topological polar surface area (TPSA) is 47.7 Å². The molecule has 0 atom stereocenters. The van der Waals surface area contributed by atoms with Gasteiger partial charge in [0.2, 0.25) is 5.89 Å². The first-order valence-electron chi connectivity index (χ1n) is 10.8. The van der Waals surface area contributed by atoms with E-state index in [0.29, 0.717) is 25.2 Å². The van der Waals surface area contributed by atoms with Crippen molar-refractivity contribution in [2.24, 2.45) is 0 Å². The summed E-state index contributed by atoms with van der Waals surface area (Å²) in [4.78, 5) is 7.23. The Morgan fingerprint density at radius 1 is 1.03 bits per heavy atom. The number of hydrogen-bond acceptors (Lipinski definition) is 5. The average Bonchev–Trinajstić information content (AvgIpc) is 3.14. The highest BCUT2D eigenvalue weighted by molar-refractivity contribution is 5.63. The average molecular weight is 407 g/mol. The highest BCUT2D eigenvalue weighted by Crippen LogP contribution is 2.31. The van der Waals surface area contributed by atoms with Gasteiger partial charge in [-0.05, 0) is 44.4 Å². The Kier molecular flexibility index (Phi) is 6.82. The van der Waals surface area contributed by atoms with Gasteiger partial charge in [0.05, 0.1) is 30.6 Å². The first-order chi connectivity index (χ1) is 14.7. The molecule has 0 radical (unpaired) electrons. The fourth-order valence-electron chi connectivity index (χ4n) is 3.85. The molecule has 5 heteroatoms. The molecule has 2 aromatic carbocycles. The van der Waals surface area contributed by atoms with Gasteiger partial charge in [-0.15, -0.1) is 0 Å². The molecule has 0 aliphatic carbocycles. The van der Waals surface area contributed by atoms with Gasteiger partial charge < -0.3 is 13.9 Å². The normalized spacial score (nSPS) is 15.4. The molecule has 0 spiro atoms. The summed E-state index contributed by atoms with van der Waals surface area (Å²) in [5.41, 5.74) is 3.14. The van der Waals surface area contributed by atoms with Crippen molar-refractivity contribution in [3.05, 3.63) is 71.6 Å². The predicted octanol–water partition coefficient (Wildman–Crippen LogP) is 5.23. The fourth-order valence-corrected chi connectivity index (χ4v) is 3.85. The number of para-hydroxylation sites is 1. The second kappa shape index (κ2) is 9.92. The predicted molar refractivity (Wildman–Crippen MR) is 117 cm³/mol. The van der Waals surface area contributed by atoms with Gasteiger partial charge in [0.25, 0.3) is 0 Å². The van der Waals surface area contributed by atoms with Crippen molar-refractivity contribution in [3.63, 3.8) is 0 Å². The Balaban J connectivity index is 1.33. The molecular formula is C25H30N2O3. The lowest BCUT2D eigenvalue weighted by atomic mass is 10.1. The molecule has 0 N–H and O–H groups in total. The quantitative estimate of drug-likeness (QED) is 0.513. The van der Waals surface area contributed by atoms with Gasteiger partial charge in [-0.3, -0.25) is 4.90 Å². The van der Waals surface area contributed by atoms with E-state index in [4.69, 9.17) is 18.9 Å². The van der Waals surface area contributed by atoms with Crippen LogP contribution in [0.3, 0.4) is 0 Å². The van der Waals surface area contributed by atoms with Gasteiger partial charge in [0.15, 0.2) is 0 Å². The van der Waals surface area contributed by atoms with E-state index < -0.39 is 0 Å². The fraction of sp³-hybridized carbons (Fsp3) is 0.400. The molecular weight excluding hydrogens is 376 g/mol. The number of likely N-dealkylation sites (tertiary alicyclic amines) is 1. The molecule has 0 unspecified atom stereocenters. The molecule has 2 heterocycles. The van der Waals surface area contributed by atoms with E-state index in [1.165, 1.54) is 5.56 Å². The van der Waals surface area contributed by atoms with Gasteiger partial charge in [-0.1, -0.05) is 42.5 Å². The van der Waals surface area contributed by atoms with Crippen molar-refractivity contribution in [2.75, 3.05) is 19.7 Å². The van der Waals surface area contributed by atoms with E-state index in [1.54, 1.807) is 0 Å². The van der Waals surface area contributed by atoms with Crippen LogP contribution in [0.25, 0.3) is 11.5 Å². The summed E-state index contributed by atoms with van der Waals surface area (Å²) < 4.78 is 17.8. The van der Waals surface area contributed by atoms with Gasteiger partial charge in [0, 0.05) is 19.6 Å². The molecule has 30 heavy (non-hydrogen) atoms. The number of ether oxygens (including phenoxy) is 2. The van der Waals surface area contributed by atoms with Crippen LogP contribution in [0.2, 0.25) is 0 Å². The van der Waals surface area contributed by atoms with Crippen LogP contribution in [-0.2, 0) is 17.9 Å². The standard InChI is InChI=1S/C25H30N2O3/c1-3-28-24-12-8-7-11-22(24)25-26-23(19(2)30-25)17-27-15-13-21(14-16-27)29-18-20-9-5-4-6-10-20/h4-12,21H,3,13-18H2,1-2H3. The molecule has 3 aromatic rings. The molecule has 1 aliphatic heterocycles. The molecule has 4 rings (SSSR count). The molecule has 158 valence electrons. The molecule has 1 aliphatic rings. The molecule has 5 nitrogen and oxygen atoms in total. The maximum Gasteiger partial charge on any atom is 0.230 e. The third-order valence-corrected chi connectivity index (χ3v) is 5.55. The summed E-state index contributed by atoms with van der Waals surface area (Å²) in [7, 11) is 0. The zero-order valence-corrected chi connectivity index (χ0v) is 17.8. The van der Waals surface area contributed by atoms with Crippen LogP contribution in [0.15, 0.2) is 59.0 Å². The third kappa shape index (κ3) is 5.10. The number of aromatic nitrogens is 1. The number of oxazole rings is 1. The van der Waals surface area contributed by atoms with Crippen LogP contribution >= 0.6 is 0 Å². The van der Waals surface area contributed by atoms with Crippen LogP contribution in [0.4, 0.5) is 0 Å². The van der Waals surface area contributed by atoms with Crippen LogP contribution in [0.1, 0.15) is 36.8 Å². The highest BCUT2D eigenvalue weighted by Gasteiger charge is 2.22. The smallest absolute Gasteiger partial charge is 0.230 e. The van der Waals surface area contributed by atoms with E-state index >= 15 is 0 Å². The van der Waals surface area contributed by atoms with Crippen molar-refractivity contribution in [2.45, 2.75) is 45.9 Å². The van der Waals surface area contributed by atoms with E-state index in [9.17, 15) is 0 Å². The largest absolute Gasteiger partial charge is 0.493 e. The summed E-state index contributed by atoms with van der Waals surface area (Å²) in [6.07, 6.45) is 2.42. The number of nitrogens with zero attached hydrogens (tertiary/aromatic N) is 2. The van der Waals surface area contributed by atoms with E-state index in [0.717, 1.165) is 55.2 Å². The van der Waals surface area contributed by atoms with Gasteiger partial charge in [0.1, 0.15) is 11.5 Å². The Morgan fingerprint density at radius 3 is 2.53 bits per heavy atom. The second-order valence-corrected chi connectivity index (χ2v) is 7.72. The molecule has 0 saturated carbocycles. The maximum atomic E-state index is 6.11. The molecule has 1 saturated heterocycles. The second-order valence-electron chi connectivity index (χ2n) is 7.72. The zero-order chi connectivity index (χ0) is 20.8. The molecule has 1 fully saturated rings. The molecule has 0 amide bonds. The van der Waals surface area contributed by atoms with Crippen molar-refractivity contribution in [1.82, 2.24) is 9.88 Å². The summed E-state index contributed by atoms with van der Waals surface area (Å²) >= 11 is 0. The Bertz CT molecular complexity index is 931. The van der Waals surface area contributed by atoms with E-state index in [-0.39, 0.29) is 0 Å². The minimum Gasteiger partial charge on any atom is -0.493 e. The van der Waals surface area contributed by atoms with Gasteiger partial charge in [-0.2, -0.15) is 0 Å². The van der Waals surface area contributed by atoms with Crippen LogP contribution in [0, 0.1) is 6.92 Å². The summed E-state index contributed by atoms with van der Waals surface area (Å²) in [6, 6.07) is 18.3. The first-order valence-corrected chi connectivity index (χ1v) is 10.8. The minimum atomic E-state index is 0.327. The third-order valence-electron chi connectivity index (χ3n) is 5.55. The molecule has 0 bridgehead atoms. The van der Waals surface area contributed by atoms with Crippen LogP contribution in [-0.4, -0.2) is 35.7 Å². The number of hydrogen-bond donors (Lipinski definition) is 0. The SMILES string of the molecule is CCOc1ccccc1-c1nc(CN2CCC(OCc3ccccc3)CC2)c(C)o1. The van der Waals surface area contributed by atoms with Crippen molar-refractivity contribution in [3.8, 4) is 17.2 Å². The van der Waals surface area contributed by atoms with Crippen molar-refractivity contribution in [1.29, 1.82) is 0 Å². The zero-order valence-electron chi connectivity index (χ0n) is 17.8. The highest BCUT2D eigenvalue weighted by atomic mass is 16.5. The van der Waals surface area contributed by atoms with Crippen LogP contribution in [0.5, 0.6) is 5.75 Å². The lowest BCUT2D eigenvalue weighted by Gasteiger charge is -2.31. The van der Waals surface area contributed by atoms with Crippen molar-refractivity contribution >= 4 is 0 Å². The van der Waals surface area contributed by atoms with E-state index in [2.05, 4.69) is 29.2 Å². The Hall–Kier alpha value is -2.63. The lowest BCUT2D eigenvalue weighted by Crippen LogP contribution is -2.36. The number of aryl methyl sites for hydroxylation is 1. The minimum absolute atomic E-state index is 0.327. The maximum absolute atomic E-state index is 6.11. The number of piperidine rings is 1.